The maximum atomic E-state index is 8.95. The minimum absolute atomic E-state index is 0. The molecule has 0 bridgehead atoms. The second kappa shape index (κ2) is 17.9. The molecule has 0 N–H and O–H groups in total. The van der Waals surface area contributed by atoms with E-state index in [9.17, 15) is 0 Å². The fraction of sp³-hybridized carbons (Fsp3) is 0.196. The van der Waals surface area contributed by atoms with Gasteiger partial charge in [0.15, 0.2) is 0 Å². The van der Waals surface area contributed by atoms with Gasteiger partial charge >= 0.3 is 0 Å². The maximum Gasteiger partial charge on any atom is 0.216 e. The van der Waals surface area contributed by atoms with Gasteiger partial charge in [-0.25, -0.2) is 4.98 Å². The Kier molecular flexibility index (Phi) is 7.18. The molecule has 0 aliphatic heterocycles. The molecule has 1 aliphatic rings. The molecule has 5 heteroatoms. The first-order chi connectivity index (χ1) is 36.8. The van der Waals surface area contributed by atoms with E-state index in [4.69, 9.17) is 30.5 Å². The van der Waals surface area contributed by atoms with Crippen LogP contribution in [0.4, 0.5) is 0 Å². The third kappa shape index (κ3) is 8.64. The van der Waals surface area contributed by atoms with Crippen molar-refractivity contribution in [3.8, 4) is 55.9 Å². The van der Waals surface area contributed by atoms with Gasteiger partial charge in [-0.05, 0) is 132 Å². The molecule has 1 saturated carbocycles. The van der Waals surface area contributed by atoms with E-state index in [1.165, 1.54) is 48.8 Å². The molecule has 5 aromatic carbocycles. The molecule has 1 fully saturated rings. The molecule has 0 atom stereocenters. The van der Waals surface area contributed by atoms with Crippen molar-refractivity contribution in [1.29, 1.82) is 0 Å². The normalized spacial score (nSPS) is 19.0. The molecular formula is C56H49IrN3O-2. The molecule has 1 radical (unpaired) electrons. The number of hydrogen-bond acceptors (Lipinski definition) is 4. The second-order valence-electron chi connectivity index (χ2n) is 14.7. The summed E-state index contributed by atoms with van der Waals surface area (Å²) in [4.78, 5) is 12.9. The summed E-state index contributed by atoms with van der Waals surface area (Å²) in [5, 5.41) is 1.14. The van der Waals surface area contributed by atoms with E-state index in [1.807, 2.05) is 30.3 Å². The van der Waals surface area contributed by atoms with Crippen molar-refractivity contribution in [2.45, 2.75) is 72.7 Å². The van der Waals surface area contributed by atoms with Crippen LogP contribution in [0.15, 0.2) is 138 Å². The van der Waals surface area contributed by atoms with E-state index in [2.05, 4.69) is 27.1 Å². The summed E-state index contributed by atoms with van der Waals surface area (Å²) in [6.07, 6.45) is 5.48. The molecule has 61 heavy (non-hydrogen) atoms. The fourth-order valence-corrected chi connectivity index (χ4v) is 7.73. The van der Waals surface area contributed by atoms with Crippen LogP contribution >= 0.6 is 0 Å². The molecule has 4 heterocycles. The largest absolute Gasteiger partial charge is 0.486 e. The summed E-state index contributed by atoms with van der Waals surface area (Å²) >= 11 is 0. The minimum Gasteiger partial charge on any atom is -0.486 e. The van der Waals surface area contributed by atoms with Gasteiger partial charge in [0.2, 0.25) is 5.71 Å². The standard InChI is InChI=1S/C37H33N2O.C19H16N.Ir/c1-22-18-27(26-8-5-6-9-26)13-16-29(22)28-14-17-30(23(2)19-28)34-20-35(38-21-24(34)3)33-11-7-10-31-32-15-12-25(4)39-37(32)40-36(31)33;1-14-8-11-19(20-13-14)17-10-9-15(2)18(12-17)16-6-4-3-5-7-16;/h7,10,12-21,26H,5-6,8-9H2,1-4H3;3-9,11-13H,1-2H3;/q2*-1;/i1D3,2D3,3D3,4D3,26D;1D3,2D3;. The van der Waals surface area contributed by atoms with Gasteiger partial charge in [-0.1, -0.05) is 121 Å². The van der Waals surface area contributed by atoms with Gasteiger partial charge in [-0.3, -0.25) is 0 Å². The average molecular weight is 991 g/mol. The Balaban J connectivity index is 0.000000261. The van der Waals surface area contributed by atoms with Gasteiger partial charge in [0.25, 0.3) is 0 Å². The Morgan fingerprint density at radius 2 is 1.44 bits per heavy atom. The summed E-state index contributed by atoms with van der Waals surface area (Å²) in [6, 6.07) is 38.8. The number of hydrogen-bond donors (Lipinski definition) is 0. The van der Waals surface area contributed by atoms with Crippen molar-refractivity contribution in [2.24, 2.45) is 0 Å². The van der Waals surface area contributed by atoms with Crippen LogP contribution in [0, 0.1) is 53.2 Å². The smallest absolute Gasteiger partial charge is 0.216 e. The van der Waals surface area contributed by atoms with Crippen molar-refractivity contribution < 1.29 is 50.6 Å². The molecule has 0 amide bonds. The number of benzene rings is 5. The molecule has 305 valence electrons. The first-order valence-corrected chi connectivity index (χ1v) is 19.5. The van der Waals surface area contributed by atoms with E-state index in [1.54, 1.807) is 54.6 Å². The van der Waals surface area contributed by atoms with E-state index in [-0.39, 0.29) is 81.7 Å². The van der Waals surface area contributed by atoms with Crippen molar-refractivity contribution in [3.05, 3.63) is 185 Å². The predicted octanol–water partition coefficient (Wildman–Crippen LogP) is 14.9. The molecule has 1 aliphatic carbocycles. The summed E-state index contributed by atoms with van der Waals surface area (Å²) < 4.78 is 159. The number of pyridine rings is 3. The zero-order valence-electron chi connectivity index (χ0n) is 51.6. The Morgan fingerprint density at radius 1 is 0.623 bits per heavy atom. The summed E-state index contributed by atoms with van der Waals surface area (Å²) in [5.41, 5.74) is 4.60. The Hall–Kier alpha value is -6.00. The van der Waals surface area contributed by atoms with Gasteiger partial charge in [-0.15, -0.1) is 47.5 Å². The number of fused-ring (bicyclic) bond motifs is 3. The van der Waals surface area contributed by atoms with Gasteiger partial charge in [0.1, 0.15) is 0 Å². The van der Waals surface area contributed by atoms with Crippen molar-refractivity contribution in [3.63, 3.8) is 0 Å². The van der Waals surface area contributed by atoms with Gasteiger partial charge in [-0.2, -0.15) is 0 Å². The summed E-state index contributed by atoms with van der Waals surface area (Å²) in [6.45, 7) is -15.0. The van der Waals surface area contributed by atoms with Crippen LogP contribution < -0.4 is 0 Å². The quantitative estimate of drug-likeness (QED) is 0.156. The van der Waals surface area contributed by atoms with Crippen LogP contribution in [0.25, 0.3) is 78.0 Å². The third-order valence-corrected chi connectivity index (χ3v) is 10.8. The number of furan rings is 1. The molecule has 0 spiro atoms. The predicted molar refractivity (Wildman–Crippen MR) is 248 cm³/mol. The van der Waals surface area contributed by atoms with Crippen LogP contribution in [0.5, 0.6) is 0 Å². The first kappa shape index (κ1) is 24.4. The molecule has 9 aromatic rings. The molecule has 0 unspecified atom stereocenters. The summed E-state index contributed by atoms with van der Waals surface area (Å²) in [7, 11) is 0. The average Bonchev–Trinajstić information content (AvgIpc) is 4.10. The van der Waals surface area contributed by atoms with Gasteiger partial charge < -0.3 is 14.4 Å². The van der Waals surface area contributed by atoms with Crippen LogP contribution in [-0.4, -0.2) is 15.0 Å². The van der Waals surface area contributed by atoms with E-state index < -0.39 is 47.0 Å². The Bertz CT molecular complexity index is 3720. The van der Waals surface area contributed by atoms with E-state index in [0.717, 1.165) is 18.4 Å². The van der Waals surface area contributed by atoms with Crippen molar-refractivity contribution in [2.75, 3.05) is 0 Å². The van der Waals surface area contributed by atoms with Crippen LogP contribution in [0.3, 0.4) is 0 Å². The molecular weight excluding hydrogens is 923 g/mol. The first-order valence-electron chi connectivity index (χ1n) is 29.0. The zero-order valence-corrected chi connectivity index (χ0v) is 35.0. The maximum absolute atomic E-state index is 8.95. The van der Waals surface area contributed by atoms with Crippen molar-refractivity contribution in [1.82, 2.24) is 15.0 Å². The molecule has 0 saturated heterocycles. The second-order valence-corrected chi connectivity index (χ2v) is 14.7. The van der Waals surface area contributed by atoms with Gasteiger partial charge in [0.05, 0.1) is 5.58 Å². The SMILES string of the molecule is [2H]C([2H])([2H])c1ccc(-c2[c-]cc(C([2H])([2H])[2H])c(-c3ccccc3)c2)nc1.[2H]C([2H])([2H])c1ccc2c(n1)oc1c(-c3cc(-c4ccc(-c5ccc(C6([2H])CCCC6)cc5C([2H])([2H])[2H])cc4C([2H])([2H])[2H])c(C([2H])([2H])[2H])cn3)[c-]ccc12.[Ir]. The number of aromatic nitrogens is 3. The third-order valence-electron chi connectivity index (χ3n) is 10.8. The van der Waals surface area contributed by atoms with Crippen LogP contribution in [0.2, 0.25) is 0 Å². The van der Waals surface area contributed by atoms with E-state index in [0.29, 0.717) is 62.7 Å². The monoisotopic (exact) mass is 991 g/mol. The Morgan fingerprint density at radius 3 is 2.23 bits per heavy atom. The van der Waals surface area contributed by atoms with Crippen LogP contribution in [-0.2, 0) is 20.1 Å². The fourth-order valence-electron chi connectivity index (χ4n) is 7.73. The zero-order chi connectivity index (χ0) is 57.3. The van der Waals surface area contributed by atoms with E-state index >= 15 is 0 Å². The minimum atomic E-state index is -2.76. The summed E-state index contributed by atoms with van der Waals surface area (Å²) in [5.74, 6) is -0.891. The molecule has 10 rings (SSSR count). The number of rotatable bonds is 6. The topological polar surface area (TPSA) is 51.8 Å². The van der Waals surface area contributed by atoms with Crippen molar-refractivity contribution >= 4 is 22.1 Å². The number of nitrogens with zero attached hydrogens (tertiary/aromatic N) is 3. The Labute approximate surface area is 400 Å². The molecule has 4 aromatic heterocycles. The van der Waals surface area contributed by atoms with Crippen LogP contribution in [0.1, 0.15) is 96.7 Å². The number of aryl methyl sites for hydroxylation is 6. The van der Waals surface area contributed by atoms with Gasteiger partial charge in [0, 0.05) is 69.6 Å². The molecule has 4 nitrogen and oxygen atoms in total.